The maximum Gasteiger partial charge on any atom is 0.265 e. The van der Waals surface area contributed by atoms with Crippen molar-refractivity contribution in [2.24, 2.45) is 0 Å². The van der Waals surface area contributed by atoms with Gasteiger partial charge in [0.2, 0.25) is 0 Å². The lowest BCUT2D eigenvalue weighted by atomic mass is 10.5. The molecular formula is C10H7FN6O2S. The number of nitrogens with zero attached hydrogens (tertiary/aromatic N) is 5. The predicted octanol–water partition coefficient (Wildman–Crippen LogP) is 0.459. The normalized spacial score (nSPS) is 11.7. The molecule has 0 fully saturated rings. The van der Waals surface area contributed by atoms with E-state index in [1.54, 1.807) is 12.3 Å². The SMILES string of the molecule is O=S(=O)(Nc1nc2ncccn2n1)c1cncc(F)c1. The third-order valence-electron chi connectivity index (χ3n) is 2.33. The van der Waals surface area contributed by atoms with Crippen LogP contribution in [-0.2, 0) is 10.0 Å². The van der Waals surface area contributed by atoms with Crippen molar-refractivity contribution in [3.05, 3.63) is 42.7 Å². The van der Waals surface area contributed by atoms with E-state index in [9.17, 15) is 12.8 Å². The molecule has 0 atom stereocenters. The first-order valence-corrected chi connectivity index (χ1v) is 6.84. The fourth-order valence-corrected chi connectivity index (χ4v) is 2.41. The van der Waals surface area contributed by atoms with E-state index in [2.05, 4.69) is 24.8 Å². The van der Waals surface area contributed by atoms with Gasteiger partial charge in [0.15, 0.2) is 0 Å². The van der Waals surface area contributed by atoms with E-state index < -0.39 is 15.8 Å². The monoisotopic (exact) mass is 294 g/mol. The molecule has 0 radical (unpaired) electrons. The molecule has 0 spiro atoms. The summed E-state index contributed by atoms with van der Waals surface area (Å²) in [6.07, 6.45) is 5.00. The summed E-state index contributed by atoms with van der Waals surface area (Å²) in [5.74, 6) is -0.673. The maximum absolute atomic E-state index is 13.0. The first-order valence-electron chi connectivity index (χ1n) is 5.35. The molecule has 0 unspecified atom stereocenters. The van der Waals surface area contributed by atoms with Crippen LogP contribution in [0.3, 0.4) is 0 Å². The summed E-state index contributed by atoms with van der Waals surface area (Å²) < 4.78 is 40.5. The lowest BCUT2D eigenvalue weighted by Gasteiger charge is -2.03. The fourth-order valence-electron chi connectivity index (χ4n) is 1.49. The quantitative estimate of drug-likeness (QED) is 0.753. The van der Waals surface area contributed by atoms with Crippen molar-refractivity contribution in [1.82, 2.24) is 24.6 Å². The summed E-state index contributed by atoms with van der Waals surface area (Å²) in [5, 5.41) is 3.88. The van der Waals surface area contributed by atoms with Gasteiger partial charge in [0.05, 0.1) is 6.20 Å². The van der Waals surface area contributed by atoms with Crippen LogP contribution in [0.1, 0.15) is 0 Å². The van der Waals surface area contributed by atoms with Gasteiger partial charge in [-0.05, 0) is 12.1 Å². The fraction of sp³-hybridized carbons (Fsp3) is 0. The summed E-state index contributed by atoms with van der Waals surface area (Å²) >= 11 is 0. The zero-order valence-corrected chi connectivity index (χ0v) is 10.6. The number of rotatable bonds is 3. The van der Waals surface area contributed by atoms with E-state index >= 15 is 0 Å². The van der Waals surface area contributed by atoms with Crippen molar-refractivity contribution in [3.8, 4) is 0 Å². The molecule has 0 saturated heterocycles. The van der Waals surface area contributed by atoms with Gasteiger partial charge < -0.3 is 0 Å². The minimum atomic E-state index is -4.00. The molecule has 0 bridgehead atoms. The number of hydrogen-bond acceptors (Lipinski definition) is 6. The second-order valence-electron chi connectivity index (χ2n) is 3.74. The highest BCUT2D eigenvalue weighted by Crippen LogP contribution is 2.13. The molecule has 3 aromatic rings. The molecular weight excluding hydrogens is 287 g/mol. The summed E-state index contributed by atoms with van der Waals surface area (Å²) in [7, 11) is -4.00. The van der Waals surface area contributed by atoms with Crippen molar-refractivity contribution >= 4 is 21.7 Å². The molecule has 0 aliphatic heterocycles. The van der Waals surface area contributed by atoms with E-state index in [1.807, 2.05) is 0 Å². The van der Waals surface area contributed by atoms with Gasteiger partial charge >= 0.3 is 0 Å². The van der Waals surface area contributed by atoms with Gasteiger partial charge in [0.1, 0.15) is 10.7 Å². The second kappa shape index (κ2) is 4.49. The Morgan fingerprint density at radius 1 is 1.30 bits per heavy atom. The number of pyridine rings is 1. The number of aromatic nitrogens is 5. The minimum Gasteiger partial charge on any atom is -0.260 e. The van der Waals surface area contributed by atoms with Crippen molar-refractivity contribution < 1.29 is 12.8 Å². The zero-order valence-electron chi connectivity index (χ0n) is 9.80. The molecule has 0 saturated carbocycles. The van der Waals surface area contributed by atoms with Crippen LogP contribution >= 0.6 is 0 Å². The summed E-state index contributed by atoms with van der Waals surface area (Å²) in [6.45, 7) is 0. The van der Waals surface area contributed by atoms with E-state index in [-0.39, 0.29) is 16.6 Å². The van der Waals surface area contributed by atoms with Gasteiger partial charge in [-0.25, -0.2) is 27.0 Å². The molecule has 3 rings (SSSR count). The highest BCUT2D eigenvalue weighted by atomic mass is 32.2. The molecule has 102 valence electrons. The predicted molar refractivity (Wildman–Crippen MR) is 65.8 cm³/mol. The Balaban J connectivity index is 1.97. The van der Waals surface area contributed by atoms with E-state index in [1.165, 1.54) is 10.7 Å². The van der Waals surface area contributed by atoms with E-state index in [0.717, 1.165) is 18.5 Å². The highest BCUT2D eigenvalue weighted by molar-refractivity contribution is 7.92. The van der Waals surface area contributed by atoms with Gasteiger partial charge in [-0.15, -0.1) is 5.10 Å². The summed E-state index contributed by atoms with van der Waals surface area (Å²) in [4.78, 5) is 10.9. The van der Waals surface area contributed by atoms with Crippen molar-refractivity contribution in [3.63, 3.8) is 0 Å². The van der Waals surface area contributed by atoms with Gasteiger partial charge in [0, 0.05) is 18.6 Å². The Morgan fingerprint density at radius 2 is 2.15 bits per heavy atom. The Hall–Kier alpha value is -2.62. The lowest BCUT2D eigenvalue weighted by Crippen LogP contribution is -2.14. The van der Waals surface area contributed by atoms with Gasteiger partial charge in [-0.2, -0.15) is 4.98 Å². The smallest absolute Gasteiger partial charge is 0.260 e. The van der Waals surface area contributed by atoms with Crippen LogP contribution in [0.4, 0.5) is 10.3 Å². The Kier molecular flexibility index (Phi) is 2.79. The molecule has 0 amide bonds. The average molecular weight is 294 g/mol. The Labute approximate surface area is 112 Å². The third-order valence-corrected chi connectivity index (χ3v) is 3.63. The minimum absolute atomic E-state index is 0.159. The summed E-state index contributed by atoms with van der Waals surface area (Å²) in [5.41, 5.74) is 0. The first-order chi connectivity index (χ1) is 9.54. The number of sulfonamides is 1. The van der Waals surface area contributed by atoms with E-state index in [4.69, 9.17) is 0 Å². The van der Waals surface area contributed by atoms with E-state index in [0.29, 0.717) is 0 Å². The lowest BCUT2D eigenvalue weighted by molar-refractivity contribution is 0.592. The number of fused-ring (bicyclic) bond motifs is 1. The van der Waals surface area contributed by atoms with Crippen LogP contribution in [0.5, 0.6) is 0 Å². The number of anilines is 1. The zero-order chi connectivity index (χ0) is 14.2. The molecule has 3 aromatic heterocycles. The largest absolute Gasteiger partial charge is 0.265 e. The molecule has 0 aliphatic rings. The third kappa shape index (κ3) is 2.28. The van der Waals surface area contributed by atoms with Gasteiger partial charge in [0.25, 0.3) is 21.7 Å². The van der Waals surface area contributed by atoms with Crippen molar-refractivity contribution in [2.75, 3.05) is 4.72 Å². The molecule has 0 aliphatic carbocycles. The van der Waals surface area contributed by atoms with Crippen LogP contribution in [0.2, 0.25) is 0 Å². The maximum atomic E-state index is 13.0. The van der Waals surface area contributed by atoms with Crippen molar-refractivity contribution in [1.29, 1.82) is 0 Å². The van der Waals surface area contributed by atoms with Crippen LogP contribution < -0.4 is 4.72 Å². The van der Waals surface area contributed by atoms with Crippen molar-refractivity contribution in [2.45, 2.75) is 4.90 Å². The molecule has 20 heavy (non-hydrogen) atoms. The standard InChI is InChI=1S/C10H7FN6O2S/c11-7-4-8(6-12-5-7)20(18,19)16-9-14-10-13-2-1-3-17(10)15-9/h1-6H,(H,15,16). The van der Waals surface area contributed by atoms with Gasteiger partial charge in [-0.1, -0.05) is 0 Å². The van der Waals surface area contributed by atoms with Crippen LogP contribution in [0.25, 0.3) is 5.78 Å². The van der Waals surface area contributed by atoms with Crippen LogP contribution in [0, 0.1) is 5.82 Å². The van der Waals surface area contributed by atoms with Crippen LogP contribution in [0.15, 0.2) is 41.8 Å². The number of hydrogen-bond donors (Lipinski definition) is 1. The molecule has 8 nitrogen and oxygen atoms in total. The second-order valence-corrected chi connectivity index (χ2v) is 5.43. The number of nitrogens with one attached hydrogen (secondary N) is 1. The number of halogens is 1. The first kappa shape index (κ1) is 12.4. The summed E-state index contributed by atoms with van der Waals surface area (Å²) in [6, 6.07) is 2.47. The highest BCUT2D eigenvalue weighted by Gasteiger charge is 2.18. The van der Waals surface area contributed by atoms with Gasteiger partial charge in [-0.3, -0.25) is 4.98 Å². The molecule has 3 heterocycles. The Morgan fingerprint density at radius 3 is 2.90 bits per heavy atom. The topological polar surface area (TPSA) is 102 Å². The average Bonchev–Trinajstić information content (AvgIpc) is 2.80. The molecule has 10 heteroatoms. The Bertz CT molecular complexity index is 845. The van der Waals surface area contributed by atoms with Crippen LogP contribution in [-0.4, -0.2) is 33.0 Å². The molecule has 0 aromatic carbocycles. The molecule has 1 N–H and O–H groups in total.